The number of nitrogens with zero attached hydrogens (tertiary/aromatic N) is 1. The van der Waals surface area contributed by atoms with Crippen molar-refractivity contribution in [2.24, 2.45) is 5.73 Å². The lowest BCUT2D eigenvalue weighted by Crippen LogP contribution is -2.11. The molecule has 0 aliphatic heterocycles. The number of aromatic nitrogens is 1. The van der Waals surface area contributed by atoms with Crippen molar-refractivity contribution in [1.82, 2.24) is 4.98 Å². The van der Waals surface area contributed by atoms with Crippen LogP contribution in [0.3, 0.4) is 0 Å². The number of esters is 1. The van der Waals surface area contributed by atoms with Crippen LogP contribution < -0.4 is 5.73 Å². The fraction of sp³-hybridized carbons (Fsp3) is 0.0714. The van der Waals surface area contributed by atoms with Gasteiger partial charge in [0.2, 0.25) is 5.91 Å². The van der Waals surface area contributed by atoms with Crippen LogP contribution in [0.25, 0.3) is 6.08 Å². The number of rotatable bonds is 5. The molecule has 0 unspecified atom stereocenters. The second kappa shape index (κ2) is 6.63. The number of thiazole rings is 1. The molecule has 2 rings (SSSR count). The van der Waals surface area contributed by atoms with E-state index in [1.807, 2.05) is 5.38 Å². The number of amides is 1. The Bertz CT molecular complexity index is 636. The molecule has 20 heavy (non-hydrogen) atoms. The first-order chi connectivity index (χ1) is 9.65. The Morgan fingerprint density at radius 2 is 2.25 bits per heavy atom. The number of benzene rings is 1. The highest BCUT2D eigenvalue weighted by Gasteiger charge is 2.03. The maximum atomic E-state index is 11.5. The Kier molecular flexibility index (Phi) is 4.62. The summed E-state index contributed by atoms with van der Waals surface area (Å²) in [4.78, 5) is 26.5. The molecular weight excluding hydrogens is 276 g/mol. The lowest BCUT2D eigenvalue weighted by atomic mass is 10.1. The number of hydrogen-bond acceptors (Lipinski definition) is 5. The standard InChI is InChI=1S/C14H12N2O3S/c15-14(18)11-3-1-2-10(6-11)7-19-13(17)5-4-12-8-20-9-16-12/h1-6,8-9H,7H2,(H2,15,18). The molecule has 1 aromatic heterocycles. The minimum absolute atomic E-state index is 0.0847. The zero-order valence-electron chi connectivity index (χ0n) is 10.5. The molecule has 0 spiro atoms. The first-order valence-corrected chi connectivity index (χ1v) is 6.71. The van der Waals surface area contributed by atoms with Crippen LogP contribution in [0.2, 0.25) is 0 Å². The maximum Gasteiger partial charge on any atom is 0.331 e. The van der Waals surface area contributed by atoms with E-state index in [4.69, 9.17) is 10.5 Å². The van der Waals surface area contributed by atoms with Crippen molar-refractivity contribution in [3.8, 4) is 0 Å². The molecular formula is C14H12N2O3S. The highest BCUT2D eigenvalue weighted by atomic mass is 32.1. The van der Waals surface area contributed by atoms with Crippen LogP contribution in [0.15, 0.2) is 41.2 Å². The van der Waals surface area contributed by atoms with E-state index in [1.165, 1.54) is 17.4 Å². The maximum absolute atomic E-state index is 11.5. The fourth-order valence-corrected chi connectivity index (χ4v) is 2.00. The Labute approximate surface area is 119 Å². The molecule has 0 radical (unpaired) electrons. The van der Waals surface area contributed by atoms with Gasteiger partial charge in [-0.05, 0) is 23.8 Å². The Morgan fingerprint density at radius 1 is 1.40 bits per heavy atom. The van der Waals surface area contributed by atoms with Gasteiger partial charge in [0.15, 0.2) is 0 Å². The molecule has 0 saturated carbocycles. The Balaban J connectivity index is 1.90. The third kappa shape index (κ3) is 4.03. The van der Waals surface area contributed by atoms with Crippen LogP contribution in [0.4, 0.5) is 0 Å². The first kappa shape index (κ1) is 14.0. The van der Waals surface area contributed by atoms with Crippen LogP contribution in [-0.2, 0) is 16.1 Å². The molecule has 1 amide bonds. The second-order valence-corrected chi connectivity index (χ2v) is 4.64. The third-order valence-electron chi connectivity index (χ3n) is 2.43. The molecule has 1 heterocycles. The van der Waals surface area contributed by atoms with Gasteiger partial charge in [-0.1, -0.05) is 12.1 Å². The number of nitrogens with two attached hydrogens (primary N) is 1. The highest BCUT2D eigenvalue weighted by molar-refractivity contribution is 7.07. The molecule has 102 valence electrons. The van der Waals surface area contributed by atoms with E-state index >= 15 is 0 Å². The Morgan fingerprint density at radius 3 is 2.95 bits per heavy atom. The number of carbonyl (C=O) groups excluding carboxylic acids is 2. The van der Waals surface area contributed by atoms with Gasteiger partial charge in [-0.25, -0.2) is 9.78 Å². The van der Waals surface area contributed by atoms with Crippen LogP contribution in [-0.4, -0.2) is 16.9 Å². The number of hydrogen-bond donors (Lipinski definition) is 1. The van der Waals surface area contributed by atoms with Crippen molar-refractivity contribution in [3.63, 3.8) is 0 Å². The number of ether oxygens (including phenoxy) is 1. The summed E-state index contributed by atoms with van der Waals surface area (Å²) in [5.41, 5.74) is 8.66. The second-order valence-electron chi connectivity index (χ2n) is 3.92. The predicted molar refractivity (Wildman–Crippen MR) is 75.9 cm³/mol. The molecule has 2 N–H and O–H groups in total. The van der Waals surface area contributed by atoms with E-state index in [9.17, 15) is 9.59 Å². The number of carbonyl (C=O) groups is 2. The van der Waals surface area contributed by atoms with Crippen molar-refractivity contribution in [1.29, 1.82) is 0 Å². The normalized spacial score (nSPS) is 10.6. The predicted octanol–water partition coefficient (Wildman–Crippen LogP) is 2.00. The zero-order chi connectivity index (χ0) is 14.4. The van der Waals surface area contributed by atoms with Crippen LogP contribution in [0.1, 0.15) is 21.6 Å². The fourth-order valence-electron chi connectivity index (χ4n) is 1.47. The van der Waals surface area contributed by atoms with Crippen LogP contribution in [0.5, 0.6) is 0 Å². The van der Waals surface area contributed by atoms with Gasteiger partial charge >= 0.3 is 5.97 Å². The van der Waals surface area contributed by atoms with Gasteiger partial charge in [0.1, 0.15) is 6.61 Å². The van der Waals surface area contributed by atoms with Crippen molar-refractivity contribution in [2.45, 2.75) is 6.61 Å². The van der Waals surface area contributed by atoms with Gasteiger partial charge in [0.25, 0.3) is 0 Å². The van der Waals surface area contributed by atoms with E-state index in [2.05, 4.69) is 4.98 Å². The minimum Gasteiger partial charge on any atom is -0.458 e. The zero-order valence-corrected chi connectivity index (χ0v) is 11.3. The molecule has 0 bridgehead atoms. The summed E-state index contributed by atoms with van der Waals surface area (Å²) in [5.74, 6) is -0.982. The van der Waals surface area contributed by atoms with Gasteiger partial charge in [-0.3, -0.25) is 4.79 Å². The van der Waals surface area contributed by atoms with Crippen molar-refractivity contribution >= 4 is 29.3 Å². The smallest absolute Gasteiger partial charge is 0.331 e. The quantitative estimate of drug-likeness (QED) is 0.674. The third-order valence-corrected chi connectivity index (χ3v) is 3.04. The lowest BCUT2D eigenvalue weighted by molar-refractivity contribution is -0.138. The molecule has 0 aliphatic rings. The average Bonchev–Trinajstić information content (AvgIpc) is 2.96. The molecule has 2 aromatic rings. The highest BCUT2D eigenvalue weighted by Crippen LogP contribution is 2.07. The van der Waals surface area contributed by atoms with Gasteiger partial charge in [0, 0.05) is 17.0 Å². The van der Waals surface area contributed by atoms with E-state index in [-0.39, 0.29) is 6.61 Å². The van der Waals surface area contributed by atoms with Crippen LogP contribution in [0, 0.1) is 0 Å². The van der Waals surface area contributed by atoms with Gasteiger partial charge < -0.3 is 10.5 Å². The summed E-state index contributed by atoms with van der Waals surface area (Å²) in [6, 6.07) is 6.65. The summed E-state index contributed by atoms with van der Waals surface area (Å²) in [6.45, 7) is 0.0847. The molecule has 5 nitrogen and oxygen atoms in total. The molecule has 0 saturated heterocycles. The van der Waals surface area contributed by atoms with E-state index in [1.54, 1.807) is 35.9 Å². The number of primary amides is 1. The summed E-state index contributed by atoms with van der Waals surface area (Å²) in [6.07, 6.45) is 2.89. The summed E-state index contributed by atoms with van der Waals surface area (Å²) in [5, 5.41) is 1.82. The van der Waals surface area contributed by atoms with Gasteiger partial charge in [-0.2, -0.15) is 0 Å². The Hall–Kier alpha value is -2.47. The van der Waals surface area contributed by atoms with Gasteiger partial charge in [0.05, 0.1) is 11.2 Å². The summed E-state index contributed by atoms with van der Waals surface area (Å²) < 4.78 is 5.06. The lowest BCUT2D eigenvalue weighted by Gasteiger charge is -2.03. The monoisotopic (exact) mass is 288 g/mol. The summed E-state index contributed by atoms with van der Waals surface area (Å²) in [7, 11) is 0. The molecule has 0 atom stereocenters. The molecule has 1 aromatic carbocycles. The SMILES string of the molecule is NC(=O)c1cccc(COC(=O)C=Cc2cscn2)c1. The minimum atomic E-state index is -0.512. The van der Waals surface area contributed by atoms with Gasteiger partial charge in [-0.15, -0.1) is 11.3 Å². The largest absolute Gasteiger partial charge is 0.458 e. The van der Waals surface area contributed by atoms with E-state index in [0.29, 0.717) is 16.8 Å². The summed E-state index contributed by atoms with van der Waals surface area (Å²) >= 11 is 1.45. The topological polar surface area (TPSA) is 82.3 Å². The molecule has 0 fully saturated rings. The average molecular weight is 288 g/mol. The van der Waals surface area contributed by atoms with E-state index in [0.717, 1.165) is 0 Å². The van der Waals surface area contributed by atoms with Crippen molar-refractivity contribution < 1.29 is 14.3 Å². The molecule has 0 aliphatic carbocycles. The molecule has 6 heteroatoms. The van der Waals surface area contributed by atoms with Crippen molar-refractivity contribution in [2.75, 3.05) is 0 Å². The van der Waals surface area contributed by atoms with E-state index < -0.39 is 11.9 Å². The van der Waals surface area contributed by atoms with Crippen molar-refractivity contribution in [3.05, 3.63) is 58.1 Å². The first-order valence-electron chi connectivity index (χ1n) is 5.77. The van der Waals surface area contributed by atoms with Crippen LogP contribution >= 0.6 is 11.3 Å².